The molecule has 0 aromatic heterocycles. The second-order valence-electron chi connectivity index (χ2n) is 7.89. The Morgan fingerprint density at radius 3 is 2.39 bits per heavy atom. The Balaban J connectivity index is 1.52. The van der Waals surface area contributed by atoms with Gasteiger partial charge in [0.15, 0.2) is 0 Å². The molecule has 5 heteroatoms. The number of amides is 1. The van der Waals surface area contributed by atoms with Crippen LogP contribution in [0.2, 0.25) is 0 Å². The number of likely N-dealkylation sites (tertiary alicyclic amines) is 1. The topological polar surface area (TPSA) is 50.8 Å². The summed E-state index contributed by atoms with van der Waals surface area (Å²) in [6, 6.07) is 0.246. The second kappa shape index (κ2) is 8.88. The Morgan fingerprint density at radius 2 is 1.78 bits per heavy atom. The molecule has 23 heavy (non-hydrogen) atoms. The van der Waals surface area contributed by atoms with Crippen molar-refractivity contribution in [3.8, 4) is 0 Å². The monoisotopic (exact) mass is 326 g/mol. The van der Waals surface area contributed by atoms with Crippen molar-refractivity contribution < 1.29 is 14.3 Å². The molecule has 1 saturated heterocycles. The molecule has 1 aliphatic carbocycles. The number of hydrogen-bond donors (Lipinski definition) is 1. The first-order chi connectivity index (χ1) is 10.9. The fraction of sp³-hybridized carbons (Fsp3) is 0.944. The third kappa shape index (κ3) is 7.53. The van der Waals surface area contributed by atoms with Crippen LogP contribution in [0.5, 0.6) is 0 Å². The van der Waals surface area contributed by atoms with Gasteiger partial charge in [-0.2, -0.15) is 0 Å². The molecule has 0 unspecified atom stereocenters. The van der Waals surface area contributed by atoms with Crippen molar-refractivity contribution in [1.29, 1.82) is 0 Å². The van der Waals surface area contributed by atoms with Crippen LogP contribution in [0.3, 0.4) is 0 Å². The normalized spacial score (nSPS) is 21.5. The first-order valence-corrected chi connectivity index (χ1v) is 9.26. The van der Waals surface area contributed by atoms with Crippen LogP contribution >= 0.6 is 0 Å². The molecule has 1 saturated carbocycles. The van der Waals surface area contributed by atoms with E-state index in [1.165, 1.54) is 25.7 Å². The van der Waals surface area contributed by atoms with Crippen LogP contribution in [0.4, 0.5) is 4.79 Å². The molecule has 1 amide bonds. The minimum atomic E-state index is -0.426. The average molecular weight is 326 g/mol. The largest absolute Gasteiger partial charge is 0.444 e. The summed E-state index contributed by atoms with van der Waals surface area (Å²) in [5.41, 5.74) is -0.426. The fourth-order valence-corrected chi connectivity index (χ4v) is 3.37. The minimum absolute atomic E-state index is 0.246. The van der Waals surface area contributed by atoms with Crippen LogP contribution in [0.1, 0.15) is 65.7 Å². The van der Waals surface area contributed by atoms with Gasteiger partial charge in [0, 0.05) is 32.3 Å². The van der Waals surface area contributed by atoms with Gasteiger partial charge in [0.2, 0.25) is 0 Å². The van der Waals surface area contributed by atoms with E-state index >= 15 is 0 Å². The lowest BCUT2D eigenvalue weighted by Crippen LogP contribution is -2.46. The van der Waals surface area contributed by atoms with E-state index in [2.05, 4.69) is 10.2 Å². The number of hydrogen-bond acceptors (Lipinski definition) is 4. The van der Waals surface area contributed by atoms with Crippen molar-refractivity contribution in [2.24, 2.45) is 0 Å². The molecule has 134 valence electrons. The number of nitrogens with one attached hydrogen (secondary N) is 1. The third-order valence-electron chi connectivity index (χ3n) is 4.58. The summed E-state index contributed by atoms with van der Waals surface area (Å²) in [6.45, 7) is 9.76. The van der Waals surface area contributed by atoms with E-state index in [4.69, 9.17) is 9.47 Å². The lowest BCUT2D eigenvalue weighted by Gasteiger charge is -2.32. The van der Waals surface area contributed by atoms with Crippen molar-refractivity contribution in [3.05, 3.63) is 0 Å². The predicted octanol–water partition coefficient (Wildman–Crippen LogP) is 3.32. The fourth-order valence-electron chi connectivity index (χ4n) is 3.37. The SMILES string of the molecule is CC(C)(C)OC(=O)NC1CCN(CCCOC2CCCC2)CC1. The van der Waals surface area contributed by atoms with Gasteiger partial charge in [-0.3, -0.25) is 0 Å². The predicted molar refractivity (Wildman–Crippen MR) is 91.7 cm³/mol. The van der Waals surface area contributed by atoms with Crippen molar-refractivity contribution in [3.63, 3.8) is 0 Å². The first-order valence-electron chi connectivity index (χ1n) is 9.26. The van der Waals surface area contributed by atoms with Crippen LogP contribution in [0, 0.1) is 0 Å². The molecule has 0 aromatic rings. The van der Waals surface area contributed by atoms with E-state index in [1.54, 1.807) is 0 Å². The molecule has 0 bridgehead atoms. The molecule has 0 spiro atoms. The summed E-state index contributed by atoms with van der Waals surface area (Å²) in [7, 11) is 0. The lowest BCUT2D eigenvalue weighted by molar-refractivity contribution is 0.0447. The van der Waals surface area contributed by atoms with Crippen molar-refractivity contribution in [2.45, 2.75) is 83.5 Å². The number of nitrogens with zero attached hydrogens (tertiary/aromatic N) is 1. The van der Waals surface area contributed by atoms with E-state index < -0.39 is 5.60 Å². The summed E-state index contributed by atoms with van der Waals surface area (Å²) in [4.78, 5) is 14.3. The number of piperidine rings is 1. The van der Waals surface area contributed by atoms with E-state index in [0.29, 0.717) is 6.10 Å². The third-order valence-corrected chi connectivity index (χ3v) is 4.58. The standard InChI is InChI=1S/C18H34N2O3/c1-18(2,3)23-17(21)19-15-9-12-20(13-10-15)11-6-14-22-16-7-4-5-8-16/h15-16H,4-14H2,1-3H3,(H,19,21). The Kier molecular flexibility index (Phi) is 7.15. The van der Waals surface area contributed by atoms with Crippen molar-refractivity contribution in [1.82, 2.24) is 10.2 Å². The number of carbonyl (C=O) groups is 1. The van der Waals surface area contributed by atoms with E-state index in [-0.39, 0.29) is 12.1 Å². The summed E-state index contributed by atoms with van der Waals surface area (Å²) in [5.74, 6) is 0. The van der Waals surface area contributed by atoms with Crippen LogP contribution in [-0.2, 0) is 9.47 Å². The summed E-state index contributed by atoms with van der Waals surface area (Å²) in [6.07, 6.45) is 8.53. The van der Waals surface area contributed by atoms with Crippen LogP contribution < -0.4 is 5.32 Å². The van der Waals surface area contributed by atoms with Crippen LogP contribution in [-0.4, -0.2) is 55.0 Å². The Bertz CT molecular complexity index is 354. The molecule has 1 N–H and O–H groups in total. The van der Waals surface area contributed by atoms with Crippen molar-refractivity contribution >= 4 is 6.09 Å². The molecular weight excluding hydrogens is 292 g/mol. The molecular formula is C18H34N2O3. The maximum Gasteiger partial charge on any atom is 0.407 e. The van der Waals surface area contributed by atoms with E-state index in [0.717, 1.165) is 45.5 Å². The zero-order valence-corrected chi connectivity index (χ0v) is 15.1. The van der Waals surface area contributed by atoms with E-state index in [1.807, 2.05) is 20.8 Å². The molecule has 2 fully saturated rings. The van der Waals surface area contributed by atoms with Crippen molar-refractivity contribution in [2.75, 3.05) is 26.2 Å². The van der Waals surface area contributed by atoms with Crippen LogP contribution in [0.15, 0.2) is 0 Å². The number of alkyl carbamates (subject to hydrolysis) is 1. The smallest absolute Gasteiger partial charge is 0.407 e. The molecule has 0 radical (unpaired) electrons. The Hall–Kier alpha value is -0.810. The molecule has 2 rings (SSSR count). The molecule has 0 atom stereocenters. The summed E-state index contributed by atoms with van der Waals surface area (Å²) >= 11 is 0. The summed E-state index contributed by atoms with van der Waals surface area (Å²) in [5, 5.41) is 2.99. The highest BCUT2D eigenvalue weighted by atomic mass is 16.6. The Morgan fingerprint density at radius 1 is 1.13 bits per heavy atom. The zero-order chi connectivity index (χ0) is 16.7. The highest BCUT2D eigenvalue weighted by Gasteiger charge is 2.23. The lowest BCUT2D eigenvalue weighted by atomic mass is 10.1. The second-order valence-corrected chi connectivity index (χ2v) is 7.89. The van der Waals surface area contributed by atoms with Gasteiger partial charge >= 0.3 is 6.09 Å². The van der Waals surface area contributed by atoms with Gasteiger partial charge in [-0.25, -0.2) is 4.79 Å². The van der Waals surface area contributed by atoms with Gasteiger partial charge in [-0.05, 0) is 52.9 Å². The van der Waals surface area contributed by atoms with Crippen LogP contribution in [0.25, 0.3) is 0 Å². The number of rotatable bonds is 6. The van der Waals surface area contributed by atoms with Gasteiger partial charge < -0.3 is 19.7 Å². The number of ether oxygens (including phenoxy) is 2. The Labute approximate surface area is 141 Å². The molecule has 2 aliphatic rings. The number of carbonyl (C=O) groups excluding carboxylic acids is 1. The summed E-state index contributed by atoms with van der Waals surface area (Å²) < 4.78 is 11.2. The van der Waals surface area contributed by atoms with Gasteiger partial charge in [-0.15, -0.1) is 0 Å². The van der Waals surface area contributed by atoms with Gasteiger partial charge in [0.1, 0.15) is 5.60 Å². The average Bonchev–Trinajstić information content (AvgIpc) is 2.96. The molecule has 0 aromatic carbocycles. The van der Waals surface area contributed by atoms with E-state index in [9.17, 15) is 4.79 Å². The zero-order valence-electron chi connectivity index (χ0n) is 15.1. The molecule has 1 heterocycles. The first kappa shape index (κ1) is 18.5. The van der Waals surface area contributed by atoms with Gasteiger partial charge in [0.25, 0.3) is 0 Å². The van der Waals surface area contributed by atoms with Gasteiger partial charge in [0.05, 0.1) is 6.10 Å². The highest BCUT2D eigenvalue weighted by molar-refractivity contribution is 5.68. The quantitative estimate of drug-likeness (QED) is 0.761. The highest BCUT2D eigenvalue weighted by Crippen LogP contribution is 2.21. The maximum atomic E-state index is 11.8. The van der Waals surface area contributed by atoms with Gasteiger partial charge in [-0.1, -0.05) is 12.8 Å². The molecule has 1 aliphatic heterocycles. The molecule has 5 nitrogen and oxygen atoms in total. The minimum Gasteiger partial charge on any atom is -0.444 e. The maximum absolute atomic E-state index is 11.8.